The smallest absolute Gasteiger partial charge is 0.226 e. The number of halogens is 6. The lowest BCUT2D eigenvalue weighted by Crippen LogP contribution is -2.39. The standard InChI is InChI=1S/C27H43F6N2P2/c1-22(2,3)36(23(4,5)6)16-34-15-35(17-37(24(7,8)9)25(10,11)12)21-14-19(27(31,32)33)18(13-20(21)34)26(28,29)30/h13-15H,16-17H2,1-12H3/q+1. The summed E-state index contributed by atoms with van der Waals surface area (Å²) in [5.74, 6) is 0. The quantitative estimate of drug-likeness (QED) is 0.196. The maximum atomic E-state index is 13.9. The van der Waals surface area contributed by atoms with Gasteiger partial charge in [0, 0.05) is 12.1 Å². The van der Waals surface area contributed by atoms with Crippen LogP contribution in [0, 0.1) is 0 Å². The Morgan fingerprint density at radius 3 is 1.35 bits per heavy atom. The summed E-state index contributed by atoms with van der Waals surface area (Å²) in [7, 11) is -1.52. The third-order valence-corrected chi connectivity index (χ3v) is 14.1. The van der Waals surface area contributed by atoms with Gasteiger partial charge in [-0.05, 0) is 20.6 Å². The van der Waals surface area contributed by atoms with E-state index in [1.165, 1.54) is 0 Å². The molecule has 0 spiro atoms. The van der Waals surface area contributed by atoms with Gasteiger partial charge in [0.15, 0.2) is 11.0 Å². The first-order valence-corrected chi connectivity index (χ1v) is 15.5. The minimum absolute atomic E-state index is 0.114. The Morgan fingerprint density at radius 2 is 1.00 bits per heavy atom. The highest BCUT2D eigenvalue weighted by molar-refractivity contribution is 7.60. The molecule has 0 aliphatic carbocycles. The Hall–Kier alpha value is -0.870. The topological polar surface area (TPSA) is 8.81 Å². The van der Waals surface area contributed by atoms with Crippen molar-refractivity contribution in [1.82, 2.24) is 4.57 Å². The molecule has 1 aromatic heterocycles. The Labute approximate surface area is 220 Å². The normalized spacial score (nSPS) is 14.9. The van der Waals surface area contributed by atoms with Crippen molar-refractivity contribution >= 4 is 26.9 Å². The first kappa shape index (κ1) is 32.3. The number of rotatable bonds is 4. The number of hydrogen-bond donors (Lipinski definition) is 0. The minimum Gasteiger partial charge on any atom is -0.226 e. The van der Waals surface area contributed by atoms with E-state index in [2.05, 4.69) is 83.1 Å². The predicted molar refractivity (Wildman–Crippen MR) is 145 cm³/mol. The van der Waals surface area contributed by atoms with Crippen LogP contribution in [0.3, 0.4) is 0 Å². The van der Waals surface area contributed by atoms with Crippen LogP contribution in [0.5, 0.6) is 0 Å². The molecule has 0 fully saturated rings. The first-order chi connectivity index (χ1) is 16.1. The van der Waals surface area contributed by atoms with Crippen molar-refractivity contribution in [3.63, 3.8) is 0 Å². The first-order valence-electron chi connectivity index (χ1n) is 12.4. The molecule has 0 aliphatic heterocycles. The molecule has 0 N–H and O–H groups in total. The van der Waals surface area contributed by atoms with E-state index in [1.54, 1.807) is 15.5 Å². The molecule has 2 aromatic rings. The van der Waals surface area contributed by atoms with Gasteiger partial charge in [0.05, 0.1) is 11.1 Å². The van der Waals surface area contributed by atoms with Crippen LogP contribution >= 0.6 is 15.8 Å². The van der Waals surface area contributed by atoms with E-state index in [1.807, 2.05) is 0 Å². The van der Waals surface area contributed by atoms with Crippen LogP contribution in [0.25, 0.3) is 11.0 Å². The lowest BCUT2D eigenvalue weighted by Gasteiger charge is -2.40. The maximum absolute atomic E-state index is 13.9. The molecule has 0 atom stereocenters. The predicted octanol–water partition coefficient (Wildman–Crippen LogP) is 10.0. The van der Waals surface area contributed by atoms with E-state index < -0.39 is 39.3 Å². The zero-order valence-corrected chi connectivity index (χ0v) is 26.0. The number of alkyl halides is 6. The number of aromatic nitrogens is 2. The van der Waals surface area contributed by atoms with Crippen molar-refractivity contribution in [3.05, 3.63) is 29.6 Å². The Morgan fingerprint density at radius 1 is 0.622 bits per heavy atom. The van der Waals surface area contributed by atoms with Gasteiger partial charge in [0.2, 0.25) is 6.33 Å². The van der Waals surface area contributed by atoms with Gasteiger partial charge in [-0.25, -0.2) is 9.13 Å². The molecule has 37 heavy (non-hydrogen) atoms. The molecule has 0 saturated heterocycles. The zero-order valence-electron chi connectivity index (χ0n) is 24.2. The van der Waals surface area contributed by atoms with Gasteiger partial charge in [0.25, 0.3) is 0 Å². The summed E-state index contributed by atoms with van der Waals surface area (Å²) in [5, 5.41) is -0.456. The Balaban J connectivity index is 2.94. The van der Waals surface area contributed by atoms with Crippen molar-refractivity contribution in [2.45, 2.75) is 129 Å². The summed E-state index contributed by atoms with van der Waals surface area (Å²) in [5.41, 5.74) is -2.88. The molecular formula is C27H43F6N2P2+. The fraction of sp³-hybridized carbons (Fsp3) is 0.741. The number of fused-ring (bicyclic) bond motifs is 1. The lowest BCUT2D eigenvalue weighted by molar-refractivity contribution is -0.652. The van der Waals surface area contributed by atoms with Crippen molar-refractivity contribution < 1.29 is 30.9 Å². The summed E-state index contributed by atoms with van der Waals surface area (Å²) in [4.78, 5) is 0. The average Bonchev–Trinajstić information content (AvgIpc) is 2.95. The van der Waals surface area contributed by atoms with Crippen LogP contribution in [0.2, 0.25) is 0 Å². The summed E-state index contributed by atoms with van der Waals surface area (Å²) in [6, 6.07) is 1.42. The number of hydrogen-bond acceptors (Lipinski definition) is 0. The van der Waals surface area contributed by atoms with Crippen LogP contribution in [-0.4, -0.2) is 25.2 Å². The van der Waals surface area contributed by atoms with Crippen LogP contribution in [0.15, 0.2) is 18.5 Å². The molecule has 1 aromatic carbocycles. The summed E-state index contributed by atoms with van der Waals surface area (Å²) >= 11 is 0. The highest BCUT2D eigenvalue weighted by Crippen LogP contribution is 2.61. The number of benzene rings is 1. The van der Waals surface area contributed by atoms with Gasteiger partial charge in [-0.15, -0.1) is 0 Å². The van der Waals surface area contributed by atoms with Crippen LogP contribution in [0.1, 0.15) is 94.2 Å². The SMILES string of the molecule is CC(C)(C)P(Cn1c[n+](CP(C(C)(C)C)C(C)(C)C)c2cc(C(F)(F)F)c(C(F)(F)F)cc21)C(C)(C)C. The third-order valence-electron chi connectivity index (χ3n) is 6.45. The molecule has 2 nitrogen and oxygen atoms in total. The fourth-order valence-electron chi connectivity index (χ4n) is 5.19. The zero-order chi connectivity index (χ0) is 29.2. The molecule has 0 aliphatic rings. The van der Waals surface area contributed by atoms with Crippen LogP contribution in [-0.2, 0) is 24.9 Å². The van der Waals surface area contributed by atoms with Crippen molar-refractivity contribution in [2.24, 2.45) is 0 Å². The van der Waals surface area contributed by atoms with E-state index in [-0.39, 0.29) is 31.7 Å². The van der Waals surface area contributed by atoms with Gasteiger partial charge in [-0.1, -0.05) is 98.9 Å². The molecule has 0 bridgehead atoms. The summed E-state index contributed by atoms with van der Waals surface area (Å²) < 4.78 is 86.9. The van der Waals surface area contributed by atoms with Gasteiger partial charge in [-0.3, -0.25) is 0 Å². The van der Waals surface area contributed by atoms with Gasteiger partial charge in [0.1, 0.15) is 12.6 Å². The van der Waals surface area contributed by atoms with E-state index in [0.717, 1.165) is 0 Å². The molecule has 0 unspecified atom stereocenters. The van der Waals surface area contributed by atoms with Crippen molar-refractivity contribution in [3.8, 4) is 0 Å². The van der Waals surface area contributed by atoms with Gasteiger partial charge < -0.3 is 0 Å². The molecule has 2 rings (SSSR count). The number of imidazole rings is 1. The Bertz CT molecular complexity index is 991. The molecule has 1 heterocycles. The molecule has 212 valence electrons. The third kappa shape index (κ3) is 7.62. The second-order valence-electron chi connectivity index (χ2n) is 13.8. The summed E-state index contributed by atoms with van der Waals surface area (Å²) in [6.45, 7) is 25.4. The highest BCUT2D eigenvalue weighted by Gasteiger charge is 2.46. The van der Waals surface area contributed by atoms with Crippen molar-refractivity contribution in [2.75, 3.05) is 0 Å². The van der Waals surface area contributed by atoms with Crippen LogP contribution < -0.4 is 4.57 Å². The largest absolute Gasteiger partial charge is 0.417 e. The van der Waals surface area contributed by atoms with Gasteiger partial charge in [-0.2, -0.15) is 26.3 Å². The molecule has 0 radical (unpaired) electrons. The van der Waals surface area contributed by atoms with Crippen molar-refractivity contribution in [1.29, 1.82) is 0 Å². The fourth-order valence-corrected chi connectivity index (χ4v) is 12.0. The minimum atomic E-state index is -5.12. The molecule has 0 saturated carbocycles. The molecule has 10 heteroatoms. The maximum Gasteiger partial charge on any atom is 0.417 e. The monoisotopic (exact) mass is 571 g/mol. The highest BCUT2D eigenvalue weighted by atomic mass is 31.1. The molecule has 0 amide bonds. The second kappa shape index (κ2) is 9.95. The van der Waals surface area contributed by atoms with E-state index in [0.29, 0.717) is 24.7 Å². The number of nitrogens with zero attached hydrogens (tertiary/aromatic N) is 2. The summed E-state index contributed by atoms with van der Waals surface area (Å²) in [6.07, 6.45) is -7.58. The lowest BCUT2D eigenvalue weighted by atomic mass is 10.1. The Kier molecular flexibility index (Phi) is 8.70. The second-order valence-corrected chi connectivity index (χ2v) is 21.4. The van der Waals surface area contributed by atoms with Gasteiger partial charge >= 0.3 is 12.4 Å². The average molecular weight is 572 g/mol. The molecular weight excluding hydrogens is 528 g/mol. The van der Waals surface area contributed by atoms with E-state index in [4.69, 9.17) is 0 Å². The van der Waals surface area contributed by atoms with E-state index in [9.17, 15) is 26.3 Å². The van der Waals surface area contributed by atoms with Crippen LogP contribution in [0.4, 0.5) is 26.3 Å². The van der Waals surface area contributed by atoms with E-state index >= 15 is 0 Å².